The number of fused-ring (bicyclic) bond motifs is 1. The first kappa shape index (κ1) is 20.3. The molecule has 10 heteroatoms. The van der Waals surface area contributed by atoms with Gasteiger partial charge in [0.25, 0.3) is 11.8 Å². The van der Waals surface area contributed by atoms with Crippen LogP contribution in [0.15, 0.2) is 55.1 Å². The molecule has 2 aromatic heterocycles. The van der Waals surface area contributed by atoms with Crippen LogP contribution >= 0.6 is 0 Å². The largest absolute Gasteiger partial charge is 0.497 e. The average molecular weight is 442 g/mol. The van der Waals surface area contributed by atoms with E-state index in [9.17, 15) is 14.4 Å². The van der Waals surface area contributed by atoms with Gasteiger partial charge in [-0.15, -0.1) is 0 Å². The molecule has 4 heterocycles. The molecular weight excluding hydrogens is 424 g/mol. The Labute approximate surface area is 188 Å². The van der Waals surface area contributed by atoms with Gasteiger partial charge in [-0.05, 0) is 29.8 Å². The summed E-state index contributed by atoms with van der Waals surface area (Å²) in [5.74, 6) is 5.49. The minimum atomic E-state index is -1.60. The van der Waals surface area contributed by atoms with E-state index in [0.29, 0.717) is 29.1 Å². The second-order valence-electron chi connectivity index (χ2n) is 7.63. The highest BCUT2D eigenvalue weighted by Gasteiger charge is 2.48. The molecule has 164 valence electrons. The fraction of sp³-hybridized carbons (Fsp3) is 0.174. The summed E-state index contributed by atoms with van der Waals surface area (Å²) in [5, 5.41) is 8.99. The molecule has 4 amide bonds. The Morgan fingerprint density at radius 1 is 1.21 bits per heavy atom. The summed E-state index contributed by atoms with van der Waals surface area (Å²) in [6.45, 7) is 0.181. The van der Waals surface area contributed by atoms with E-state index in [4.69, 9.17) is 4.74 Å². The van der Waals surface area contributed by atoms with Crippen LogP contribution in [-0.2, 0) is 11.3 Å². The van der Waals surface area contributed by atoms with Crippen molar-refractivity contribution in [1.82, 2.24) is 30.3 Å². The van der Waals surface area contributed by atoms with Crippen LogP contribution in [0.2, 0.25) is 0 Å². The van der Waals surface area contributed by atoms with Crippen LogP contribution in [0, 0.1) is 11.8 Å². The van der Waals surface area contributed by atoms with Gasteiger partial charge in [0.1, 0.15) is 5.75 Å². The van der Waals surface area contributed by atoms with Gasteiger partial charge < -0.3 is 15.0 Å². The molecule has 2 N–H and O–H groups in total. The van der Waals surface area contributed by atoms with E-state index in [2.05, 4.69) is 32.6 Å². The van der Waals surface area contributed by atoms with E-state index in [1.807, 2.05) is 6.07 Å². The summed E-state index contributed by atoms with van der Waals surface area (Å²) < 4.78 is 6.84. The first-order valence-corrected chi connectivity index (χ1v) is 10.1. The van der Waals surface area contributed by atoms with Crippen LogP contribution in [0.3, 0.4) is 0 Å². The van der Waals surface area contributed by atoms with Gasteiger partial charge in [-0.3, -0.25) is 19.9 Å². The van der Waals surface area contributed by atoms with Gasteiger partial charge in [-0.1, -0.05) is 17.9 Å². The highest BCUT2D eigenvalue weighted by Crippen LogP contribution is 2.28. The van der Waals surface area contributed by atoms with Crippen molar-refractivity contribution in [2.45, 2.75) is 12.1 Å². The summed E-state index contributed by atoms with van der Waals surface area (Å²) in [5.41, 5.74) is 0.931. The Hall–Kier alpha value is -4.65. The number of pyridine rings is 1. The molecular formula is C23H18N6O4. The first-order valence-electron chi connectivity index (χ1n) is 10.1. The number of nitrogens with zero attached hydrogens (tertiary/aromatic N) is 4. The van der Waals surface area contributed by atoms with Crippen molar-refractivity contribution in [1.29, 1.82) is 0 Å². The van der Waals surface area contributed by atoms with Gasteiger partial charge in [0, 0.05) is 36.3 Å². The van der Waals surface area contributed by atoms with E-state index < -0.39 is 17.5 Å². The van der Waals surface area contributed by atoms with Gasteiger partial charge in [-0.2, -0.15) is 5.10 Å². The number of carbonyl (C=O) groups is 3. The molecule has 1 atom stereocenters. The molecule has 1 aromatic carbocycles. The molecule has 0 bridgehead atoms. The van der Waals surface area contributed by atoms with Crippen LogP contribution in [-0.4, -0.2) is 56.7 Å². The Balaban J connectivity index is 1.45. The van der Waals surface area contributed by atoms with Gasteiger partial charge >= 0.3 is 6.03 Å². The van der Waals surface area contributed by atoms with E-state index >= 15 is 0 Å². The monoisotopic (exact) mass is 442 g/mol. The maximum Gasteiger partial charge on any atom is 0.323 e. The number of benzene rings is 1. The molecule has 1 saturated heterocycles. The lowest BCUT2D eigenvalue weighted by atomic mass is 9.99. The molecule has 2 aliphatic heterocycles. The Kier molecular flexibility index (Phi) is 4.79. The number of nitrogens with one attached hydrogen (secondary N) is 2. The topological polar surface area (TPSA) is 118 Å². The number of hydrogen-bond donors (Lipinski definition) is 2. The van der Waals surface area contributed by atoms with Gasteiger partial charge in [0.2, 0.25) is 5.54 Å². The number of methoxy groups -OCH3 is 1. The molecule has 5 rings (SSSR count). The lowest BCUT2D eigenvalue weighted by molar-refractivity contribution is -0.122. The van der Waals surface area contributed by atoms with E-state index in [1.54, 1.807) is 53.7 Å². The van der Waals surface area contributed by atoms with Gasteiger partial charge in [-0.25, -0.2) is 9.48 Å². The molecule has 0 radical (unpaired) electrons. The molecule has 1 fully saturated rings. The van der Waals surface area contributed by atoms with Crippen LogP contribution in [0.4, 0.5) is 4.79 Å². The lowest BCUT2D eigenvalue weighted by Gasteiger charge is -2.26. The summed E-state index contributed by atoms with van der Waals surface area (Å²) in [6.07, 6.45) is 6.59. The van der Waals surface area contributed by atoms with Crippen molar-refractivity contribution in [3.63, 3.8) is 0 Å². The maximum atomic E-state index is 13.0. The fourth-order valence-corrected chi connectivity index (χ4v) is 3.83. The van der Waals surface area contributed by atoms with E-state index in [0.717, 1.165) is 5.56 Å². The standard InChI is InChI=1S/C23H18N6O4/c1-33-18-4-3-16-13-28(20(30)19(16)10-18)14-23(21(31)26-22(32)27-23)6-5-15-9-17(12-24-11-15)29-8-2-7-25-29/h2-4,7-12H,13-14H2,1H3,(H2,26,27,31,32)/t23-/m1/s1. The number of rotatable bonds is 4. The molecule has 0 saturated carbocycles. The van der Waals surface area contributed by atoms with E-state index in [-0.39, 0.29) is 12.5 Å². The Morgan fingerprint density at radius 2 is 2.09 bits per heavy atom. The third kappa shape index (κ3) is 3.65. The molecule has 0 aliphatic carbocycles. The molecule has 2 aliphatic rings. The molecule has 3 aromatic rings. The molecule has 0 spiro atoms. The predicted molar refractivity (Wildman–Crippen MR) is 115 cm³/mol. The number of aromatic nitrogens is 3. The minimum Gasteiger partial charge on any atom is -0.497 e. The third-order valence-electron chi connectivity index (χ3n) is 5.48. The van der Waals surface area contributed by atoms with Crippen molar-refractivity contribution in [2.75, 3.05) is 13.7 Å². The maximum absolute atomic E-state index is 13.0. The molecule has 0 unspecified atom stereocenters. The lowest BCUT2D eigenvalue weighted by Crippen LogP contribution is -2.54. The first-order chi connectivity index (χ1) is 16.0. The molecule has 33 heavy (non-hydrogen) atoms. The number of carbonyl (C=O) groups excluding carboxylic acids is 3. The van der Waals surface area contributed by atoms with Gasteiger partial charge in [0.05, 0.1) is 25.5 Å². The number of imide groups is 1. The second-order valence-corrected chi connectivity index (χ2v) is 7.63. The van der Waals surface area contributed by atoms with Crippen molar-refractivity contribution in [3.05, 3.63) is 71.8 Å². The third-order valence-corrected chi connectivity index (χ3v) is 5.48. The van der Waals surface area contributed by atoms with Crippen molar-refractivity contribution < 1.29 is 19.1 Å². The summed E-state index contributed by atoms with van der Waals surface area (Å²) in [7, 11) is 1.53. The number of amides is 4. The van der Waals surface area contributed by atoms with Crippen molar-refractivity contribution in [3.8, 4) is 23.3 Å². The summed E-state index contributed by atoms with van der Waals surface area (Å²) in [4.78, 5) is 43.4. The second kappa shape index (κ2) is 7.80. The Bertz CT molecular complexity index is 1340. The van der Waals surface area contributed by atoms with Crippen LogP contribution < -0.4 is 15.4 Å². The van der Waals surface area contributed by atoms with Gasteiger partial charge in [0.15, 0.2) is 0 Å². The van der Waals surface area contributed by atoms with Crippen LogP contribution in [0.5, 0.6) is 5.75 Å². The van der Waals surface area contributed by atoms with Crippen molar-refractivity contribution in [2.24, 2.45) is 0 Å². The van der Waals surface area contributed by atoms with Crippen molar-refractivity contribution >= 4 is 17.8 Å². The number of urea groups is 1. The van der Waals surface area contributed by atoms with Crippen LogP contribution in [0.25, 0.3) is 5.69 Å². The SMILES string of the molecule is COc1ccc2c(c1)C(=O)N(C[C@@]1(C#Cc3cncc(-n4cccn4)c3)NC(=O)NC1=O)C2. The number of hydrogen-bond acceptors (Lipinski definition) is 6. The zero-order chi connectivity index (χ0) is 23.0. The average Bonchev–Trinajstić information content (AvgIpc) is 3.52. The highest BCUT2D eigenvalue weighted by molar-refractivity contribution is 6.10. The smallest absolute Gasteiger partial charge is 0.323 e. The highest BCUT2D eigenvalue weighted by atomic mass is 16.5. The normalized spacial score (nSPS) is 18.9. The summed E-state index contributed by atoms with van der Waals surface area (Å²) in [6, 6.07) is 8.13. The Morgan fingerprint density at radius 3 is 2.82 bits per heavy atom. The van der Waals surface area contributed by atoms with Crippen LogP contribution in [0.1, 0.15) is 21.5 Å². The summed E-state index contributed by atoms with van der Waals surface area (Å²) >= 11 is 0. The molecule has 10 nitrogen and oxygen atoms in total. The zero-order valence-corrected chi connectivity index (χ0v) is 17.5. The quantitative estimate of drug-likeness (QED) is 0.457. The van der Waals surface area contributed by atoms with E-state index in [1.165, 1.54) is 12.0 Å². The number of ether oxygens (including phenoxy) is 1. The minimum absolute atomic E-state index is 0.111. The zero-order valence-electron chi connectivity index (χ0n) is 17.5. The fourth-order valence-electron chi connectivity index (χ4n) is 3.83. The predicted octanol–water partition coefficient (Wildman–Crippen LogP) is 0.862.